The van der Waals surface area contributed by atoms with Gasteiger partial charge in [0.1, 0.15) is 11.9 Å². The first-order chi connectivity index (χ1) is 12.7. The summed E-state index contributed by atoms with van der Waals surface area (Å²) in [7, 11) is 1.64. The molecule has 2 atom stereocenters. The van der Waals surface area contributed by atoms with E-state index >= 15 is 0 Å². The Morgan fingerprint density at radius 2 is 2.00 bits per heavy atom. The van der Waals surface area contributed by atoms with E-state index in [1.807, 2.05) is 48.5 Å². The first-order valence-electron chi connectivity index (χ1n) is 8.24. The number of thiol groups is 1. The molecule has 134 valence electrons. The molecule has 0 bridgehead atoms. The van der Waals surface area contributed by atoms with E-state index in [4.69, 9.17) is 18.6 Å². The van der Waals surface area contributed by atoms with Gasteiger partial charge in [-0.05, 0) is 23.8 Å². The SMILES string of the molecule is COCC1COc2cc(-c3nnc(C(S)c4ccccc4)o3)ccc2O1. The average molecular weight is 370 g/mol. The third kappa shape index (κ3) is 3.40. The topological polar surface area (TPSA) is 66.6 Å². The molecular weight excluding hydrogens is 352 g/mol. The van der Waals surface area contributed by atoms with E-state index in [1.165, 1.54) is 0 Å². The first kappa shape index (κ1) is 16.9. The van der Waals surface area contributed by atoms with Gasteiger partial charge in [0.2, 0.25) is 11.8 Å². The van der Waals surface area contributed by atoms with Crippen molar-refractivity contribution in [1.29, 1.82) is 0 Å². The molecule has 0 saturated carbocycles. The van der Waals surface area contributed by atoms with Gasteiger partial charge in [-0.25, -0.2) is 0 Å². The molecular formula is C19H18N2O4S. The lowest BCUT2D eigenvalue weighted by molar-refractivity contribution is 0.0272. The zero-order chi connectivity index (χ0) is 17.9. The molecule has 2 heterocycles. The van der Waals surface area contributed by atoms with E-state index in [9.17, 15) is 0 Å². The second-order valence-corrected chi connectivity index (χ2v) is 6.44. The molecule has 2 aromatic carbocycles. The molecule has 0 saturated heterocycles. The summed E-state index contributed by atoms with van der Waals surface area (Å²) in [5, 5.41) is 8.01. The zero-order valence-corrected chi connectivity index (χ0v) is 15.1. The maximum atomic E-state index is 5.84. The molecule has 1 aliphatic heterocycles. The van der Waals surface area contributed by atoms with Crippen LogP contribution in [0.25, 0.3) is 11.5 Å². The molecule has 1 aromatic heterocycles. The Kier molecular flexibility index (Phi) is 4.81. The molecule has 3 aromatic rings. The van der Waals surface area contributed by atoms with Crippen LogP contribution in [-0.4, -0.2) is 36.6 Å². The van der Waals surface area contributed by atoms with Crippen LogP contribution >= 0.6 is 12.6 Å². The molecule has 0 N–H and O–H groups in total. The van der Waals surface area contributed by atoms with Gasteiger partial charge in [-0.15, -0.1) is 10.2 Å². The molecule has 0 amide bonds. The second-order valence-electron chi connectivity index (χ2n) is 5.93. The number of fused-ring (bicyclic) bond motifs is 1. The van der Waals surface area contributed by atoms with Crippen LogP contribution in [0.1, 0.15) is 16.7 Å². The summed E-state index contributed by atoms with van der Waals surface area (Å²) in [5.74, 6) is 2.20. The molecule has 6 nitrogen and oxygen atoms in total. The van der Waals surface area contributed by atoms with Crippen LogP contribution in [0.5, 0.6) is 11.5 Å². The van der Waals surface area contributed by atoms with Crippen LogP contribution in [0.2, 0.25) is 0 Å². The molecule has 7 heteroatoms. The molecule has 26 heavy (non-hydrogen) atoms. The molecule has 2 unspecified atom stereocenters. The van der Waals surface area contributed by atoms with E-state index in [0.717, 1.165) is 11.1 Å². The number of nitrogens with zero attached hydrogens (tertiary/aromatic N) is 2. The van der Waals surface area contributed by atoms with Gasteiger partial charge < -0.3 is 18.6 Å². The van der Waals surface area contributed by atoms with E-state index < -0.39 is 0 Å². The minimum atomic E-state index is -0.274. The largest absolute Gasteiger partial charge is 0.486 e. The highest BCUT2D eigenvalue weighted by atomic mass is 32.1. The minimum absolute atomic E-state index is 0.107. The smallest absolute Gasteiger partial charge is 0.247 e. The number of aromatic nitrogens is 2. The Morgan fingerprint density at radius 3 is 2.81 bits per heavy atom. The highest BCUT2D eigenvalue weighted by molar-refractivity contribution is 7.80. The number of rotatable bonds is 5. The van der Waals surface area contributed by atoms with E-state index in [0.29, 0.717) is 36.5 Å². The first-order valence-corrected chi connectivity index (χ1v) is 8.75. The summed E-state index contributed by atoms with van der Waals surface area (Å²) in [6, 6.07) is 15.4. The van der Waals surface area contributed by atoms with Crippen molar-refractivity contribution in [1.82, 2.24) is 10.2 Å². The predicted molar refractivity (Wildman–Crippen MR) is 98.8 cm³/mol. The second kappa shape index (κ2) is 7.39. The fraction of sp³-hybridized carbons (Fsp3) is 0.263. The Hall–Kier alpha value is -2.51. The molecule has 0 spiro atoms. The van der Waals surface area contributed by atoms with Crippen molar-refractivity contribution < 1.29 is 18.6 Å². The Balaban J connectivity index is 1.55. The van der Waals surface area contributed by atoms with Gasteiger partial charge in [0.25, 0.3) is 0 Å². The minimum Gasteiger partial charge on any atom is -0.486 e. The Bertz CT molecular complexity index is 884. The highest BCUT2D eigenvalue weighted by Gasteiger charge is 2.23. The maximum Gasteiger partial charge on any atom is 0.247 e. The fourth-order valence-electron chi connectivity index (χ4n) is 2.76. The van der Waals surface area contributed by atoms with Gasteiger partial charge in [0, 0.05) is 12.7 Å². The van der Waals surface area contributed by atoms with Crippen LogP contribution in [0.3, 0.4) is 0 Å². The monoisotopic (exact) mass is 370 g/mol. The van der Waals surface area contributed by atoms with Crippen LogP contribution < -0.4 is 9.47 Å². The third-order valence-corrected chi connectivity index (χ3v) is 4.57. The molecule has 0 radical (unpaired) electrons. The van der Waals surface area contributed by atoms with Gasteiger partial charge >= 0.3 is 0 Å². The number of ether oxygens (including phenoxy) is 3. The lowest BCUT2D eigenvalue weighted by atomic mass is 10.1. The fourth-order valence-corrected chi connectivity index (χ4v) is 3.03. The van der Waals surface area contributed by atoms with E-state index in [2.05, 4.69) is 22.8 Å². The van der Waals surface area contributed by atoms with Crippen LogP contribution in [0, 0.1) is 0 Å². The summed E-state index contributed by atoms with van der Waals surface area (Å²) in [6.45, 7) is 0.920. The molecule has 4 rings (SSSR count). The maximum absolute atomic E-state index is 5.84. The quantitative estimate of drug-likeness (QED) is 0.693. The van der Waals surface area contributed by atoms with Crippen LogP contribution in [0.15, 0.2) is 52.9 Å². The standard InChI is InChI=1S/C19H18N2O4S/c1-22-10-14-11-23-16-9-13(7-8-15(16)24-14)18-20-21-19(25-18)17(26)12-5-3-2-4-6-12/h2-9,14,17,26H,10-11H2,1H3. The van der Waals surface area contributed by atoms with E-state index in [-0.39, 0.29) is 11.4 Å². The van der Waals surface area contributed by atoms with Crippen molar-refractivity contribution in [2.75, 3.05) is 20.3 Å². The van der Waals surface area contributed by atoms with Gasteiger partial charge in [-0.2, -0.15) is 12.6 Å². The lowest BCUT2D eigenvalue weighted by Crippen LogP contribution is -2.32. The van der Waals surface area contributed by atoms with Crippen molar-refractivity contribution in [3.63, 3.8) is 0 Å². The van der Waals surface area contributed by atoms with Crippen molar-refractivity contribution in [3.05, 3.63) is 60.0 Å². The summed E-state index contributed by atoms with van der Waals surface area (Å²) >= 11 is 4.59. The Labute approximate surface area is 156 Å². The zero-order valence-electron chi connectivity index (χ0n) is 14.2. The van der Waals surface area contributed by atoms with Gasteiger partial charge in [0.05, 0.1) is 6.61 Å². The predicted octanol–water partition coefficient (Wildman–Crippen LogP) is 3.54. The molecule has 0 fully saturated rings. The molecule has 1 aliphatic rings. The number of methoxy groups -OCH3 is 1. The summed E-state index contributed by atoms with van der Waals surface area (Å²) in [6.07, 6.45) is -0.107. The third-order valence-electron chi connectivity index (χ3n) is 4.05. The van der Waals surface area contributed by atoms with Crippen molar-refractivity contribution in [2.45, 2.75) is 11.4 Å². The number of benzene rings is 2. The number of hydrogen-bond donors (Lipinski definition) is 1. The summed E-state index contributed by atoms with van der Waals surface area (Å²) in [4.78, 5) is 0. The van der Waals surface area contributed by atoms with Crippen molar-refractivity contribution in [2.24, 2.45) is 0 Å². The average Bonchev–Trinajstić information content (AvgIpc) is 3.18. The van der Waals surface area contributed by atoms with E-state index in [1.54, 1.807) is 7.11 Å². The van der Waals surface area contributed by atoms with Crippen LogP contribution in [-0.2, 0) is 4.74 Å². The number of hydrogen-bond acceptors (Lipinski definition) is 7. The van der Waals surface area contributed by atoms with Gasteiger partial charge in [-0.1, -0.05) is 30.3 Å². The highest BCUT2D eigenvalue weighted by Crippen LogP contribution is 2.36. The van der Waals surface area contributed by atoms with Gasteiger partial charge in [-0.3, -0.25) is 0 Å². The van der Waals surface area contributed by atoms with Crippen molar-refractivity contribution in [3.8, 4) is 23.0 Å². The van der Waals surface area contributed by atoms with Crippen molar-refractivity contribution >= 4 is 12.6 Å². The normalized spacial score (nSPS) is 17.1. The molecule has 0 aliphatic carbocycles. The Morgan fingerprint density at radius 1 is 1.15 bits per heavy atom. The summed E-state index contributed by atoms with van der Waals surface area (Å²) < 4.78 is 22.5. The van der Waals surface area contributed by atoms with Gasteiger partial charge in [0.15, 0.2) is 17.6 Å². The summed E-state index contributed by atoms with van der Waals surface area (Å²) in [5.41, 5.74) is 1.77. The lowest BCUT2D eigenvalue weighted by Gasteiger charge is -2.26. The van der Waals surface area contributed by atoms with Crippen LogP contribution in [0.4, 0.5) is 0 Å².